The number of likely N-dealkylation sites (N-methyl/N-ethyl adjacent to an activating group) is 1. The van der Waals surface area contributed by atoms with Gasteiger partial charge in [0.2, 0.25) is 5.91 Å². The first kappa shape index (κ1) is 15.7. The van der Waals surface area contributed by atoms with Crippen LogP contribution in [0.4, 0.5) is 0 Å². The fraction of sp³-hybridized carbons (Fsp3) is 0.357. The van der Waals surface area contributed by atoms with Crippen LogP contribution in [0.2, 0.25) is 0 Å². The molecule has 0 radical (unpaired) electrons. The molecule has 0 saturated heterocycles. The molecule has 1 unspecified atom stereocenters. The predicted molar refractivity (Wildman–Crippen MR) is 83.6 cm³/mol. The van der Waals surface area contributed by atoms with E-state index in [0.717, 1.165) is 9.88 Å². The number of thiazole rings is 1. The standard InChI is InChI=1S/C14H16N2O3S2/c1-3-10(14(18)19)16(2)12(17)7-9-8-21-13(15-9)11-5-4-6-20-11/h4-6,8,10H,3,7H2,1-2H3,(H,18,19). The molecule has 7 heteroatoms. The zero-order chi connectivity index (χ0) is 15.4. The first-order chi connectivity index (χ1) is 10.0. The van der Waals surface area contributed by atoms with Gasteiger partial charge in [-0.15, -0.1) is 22.7 Å². The lowest BCUT2D eigenvalue weighted by atomic mass is 10.2. The number of aliphatic carboxylic acids is 1. The maximum atomic E-state index is 12.1. The zero-order valence-corrected chi connectivity index (χ0v) is 13.4. The van der Waals surface area contributed by atoms with Gasteiger partial charge in [-0.1, -0.05) is 13.0 Å². The zero-order valence-electron chi connectivity index (χ0n) is 11.8. The van der Waals surface area contributed by atoms with Crippen molar-refractivity contribution in [1.29, 1.82) is 0 Å². The van der Waals surface area contributed by atoms with Crippen LogP contribution in [0, 0.1) is 0 Å². The van der Waals surface area contributed by atoms with Crippen molar-refractivity contribution < 1.29 is 14.7 Å². The first-order valence-electron chi connectivity index (χ1n) is 6.49. The van der Waals surface area contributed by atoms with E-state index in [1.165, 1.54) is 23.3 Å². The van der Waals surface area contributed by atoms with Crippen molar-refractivity contribution in [3.8, 4) is 9.88 Å². The second kappa shape index (κ2) is 6.82. The van der Waals surface area contributed by atoms with Crippen molar-refractivity contribution in [2.24, 2.45) is 0 Å². The molecule has 112 valence electrons. The van der Waals surface area contributed by atoms with Crippen molar-refractivity contribution >= 4 is 34.6 Å². The number of carbonyl (C=O) groups excluding carboxylic acids is 1. The lowest BCUT2D eigenvalue weighted by Gasteiger charge is -2.23. The van der Waals surface area contributed by atoms with Gasteiger partial charge >= 0.3 is 5.97 Å². The third-order valence-electron chi connectivity index (χ3n) is 3.15. The minimum absolute atomic E-state index is 0.127. The van der Waals surface area contributed by atoms with Crippen LogP contribution in [-0.4, -0.2) is 40.0 Å². The minimum atomic E-state index is -0.981. The van der Waals surface area contributed by atoms with Gasteiger partial charge in [0.05, 0.1) is 17.0 Å². The van der Waals surface area contributed by atoms with E-state index in [0.29, 0.717) is 12.1 Å². The average molecular weight is 324 g/mol. The van der Waals surface area contributed by atoms with Gasteiger partial charge in [-0.05, 0) is 17.9 Å². The number of aromatic nitrogens is 1. The van der Waals surface area contributed by atoms with Crippen LogP contribution in [0.5, 0.6) is 0 Å². The number of amides is 1. The lowest BCUT2D eigenvalue weighted by molar-refractivity contribution is -0.148. The number of rotatable bonds is 6. The number of carboxylic acid groups (broad SMARTS) is 1. The Kier molecular flexibility index (Phi) is 5.08. The number of hydrogen-bond donors (Lipinski definition) is 1. The number of nitrogens with zero attached hydrogens (tertiary/aromatic N) is 2. The van der Waals surface area contributed by atoms with Gasteiger partial charge in [-0.3, -0.25) is 4.79 Å². The van der Waals surface area contributed by atoms with Gasteiger partial charge in [0, 0.05) is 12.4 Å². The van der Waals surface area contributed by atoms with E-state index in [1.54, 1.807) is 18.3 Å². The fourth-order valence-corrected chi connectivity index (χ4v) is 3.60. The maximum absolute atomic E-state index is 12.1. The van der Waals surface area contributed by atoms with Crippen LogP contribution in [-0.2, 0) is 16.0 Å². The van der Waals surface area contributed by atoms with E-state index in [9.17, 15) is 9.59 Å². The van der Waals surface area contributed by atoms with E-state index in [1.807, 2.05) is 22.9 Å². The molecule has 0 saturated carbocycles. The van der Waals surface area contributed by atoms with Crippen LogP contribution < -0.4 is 0 Å². The molecule has 21 heavy (non-hydrogen) atoms. The van der Waals surface area contributed by atoms with Crippen molar-refractivity contribution in [2.75, 3.05) is 7.05 Å². The Morgan fingerprint density at radius 2 is 2.19 bits per heavy atom. The van der Waals surface area contributed by atoms with E-state index >= 15 is 0 Å². The van der Waals surface area contributed by atoms with Gasteiger partial charge < -0.3 is 10.0 Å². The molecule has 0 aliphatic rings. The summed E-state index contributed by atoms with van der Waals surface area (Å²) in [7, 11) is 1.52. The molecule has 1 N–H and O–H groups in total. The monoisotopic (exact) mass is 324 g/mol. The van der Waals surface area contributed by atoms with Gasteiger partial charge in [0.15, 0.2) is 0 Å². The van der Waals surface area contributed by atoms with Crippen molar-refractivity contribution in [1.82, 2.24) is 9.88 Å². The van der Waals surface area contributed by atoms with E-state index in [4.69, 9.17) is 5.11 Å². The molecule has 0 fully saturated rings. The summed E-state index contributed by atoms with van der Waals surface area (Å²) in [5.41, 5.74) is 0.681. The molecule has 5 nitrogen and oxygen atoms in total. The van der Waals surface area contributed by atoms with Gasteiger partial charge in [-0.2, -0.15) is 0 Å². The lowest BCUT2D eigenvalue weighted by Crippen LogP contribution is -2.42. The summed E-state index contributed by atoms with van der Waals surface area (Å²) in [6, 6.07) is 3.16. The van der Waals surface area contributed by atoms with Crippen LogP contribution in [0.25, 0.3) is 9.88 Å². The molecule has 2 rings (SSSR count). The highest BCUT2D eigenvalue weighted by atomic mass is 32.1. The number of thiophene rings is 1. The number of carbonyl (C=O) groups is 2. The molecule has 0 aromatic carbocycles. The highest BCUT2D eigenvalue weighted by Gasteiger charge is 2.25. The molecule has 0 aliphatic heterocycles. The second-order valence-electron chi connectivity index (χ2n) is 4.57. The Morgan fingerprint density at radius 1 is 1.43 bits per heavy atom. The van der Waals surface area contributed by atoms with Crippen LogP contribution in [0.1, 0.15) is 19.0 Å². The predicted octanol–water partition coefficient (Wildman–Crippen LogP) is 2.74. The third-order valence-corrected chi connectivity index (χ3v) is 5.08. The maximum Gasteiger partial charge on any atom is 0.326 e. The molecule has 2 heterocycles. The Hall–Kier alpha value is -1.73. The summed E-state index contributed by atoms with van der Waals surface area (Å²) in [4.78, 5) is 30.0. The highest BCUT2D eigenvalue weighted by molar-refractivity contribution is 7.20. The highest BCUT2D eigenvalue weighted by Crippen LogP contribution is 2.28. The van der Waals surface area contributed by atoms with E-state index in [-0.39, 0.29) is 12.3 Å². The summed E-state index contributed by atoms with van der Waals surface area (Å²) >= 11 is 3.10. The molecule has 0 aliphatic carbocycles. The Balaban J connectivity index is 2.04. The SMILES string of the molecule is CCC(C(=O)O)N(C)C(=O)Cc1csc(-c2cccs2)n1. The Labute approximate surface area is 130 Å². The molecule has 1 amide bonds. The smallest absolute Gasteiger partial charge is 0.326 e. The largest absolute Gasteiger partial charge is 0.480 e. The summed E-state index contributed by atoms with van der Waals surface area (Å²) in [6.45, 7) is 1.75. The third kappa shape index (κ3) is 3.68. The van der Waals surface area contributed by atoms with Crippen molar-refractivity contribution in [3.05, 3.63) is 28.6 Å². The molecule has 2 aromatic heterocycles. The number of hydrogen-bond acceptors (Lipinski definition) is 5. The fourth-order valence-electron chi connectivity index (χ4n) is 1.97. The van der Waals surface area contributed by atoms with Gasteiger partial charge in [-0.25, -0.2) is 9.78 Å². The molecular formula is C14H16N2O3S2. The van der Waals surface area contributed by atoms with E-state index in [2.05, 4.69) is 4.98 Å². The summed E-state index contributed by atoms with van der Waals surface area (Å²) in [6.07, 6.45) is 0.511. The summed E-state index contributed by atoms with van der Waals surface area (Å²) in [5.74, 6) is -1.21. The quantitative estimate of drug-likeness (QED) is 0.887. The van der Waals surface area contributed by atoms with Crippen LogP contribution in [0.3, 0.4) is 0 Å². The van der Waals surface area contributed by atoms with Crippen molar-refractivity contribution in [3.63, 3.8) is 0 Å². The molecule has 0 bridgehead atoms. The van der Waals surface area contributed by atoms with Crippen molar-refractivity contribution in [2.45, 2.75) is 25.8 Å². The average Bonchev–Trinajstić information content (AvgIpc) is 3.08. The van der Waals surface area contributed by atoms with Gasteiger partial charge in [0.25, 0.3) is 0 Å². The first-order valence-corrected chi connectivity index (χ1v) is 8.25. The Bertz CT molecular complexity index is 622. The van der Waals surface area contributed by atoms with Crippen LogP contribution >= 0.6 is 22.7 Å². The van der Waals surface area contributed by atoms with Gasteiger partial charge in [0.1, 0.15) is 11.0 Å². The molecule has 1 atom stereocenters. The second-order valence-corrected chi connectivity index (χ2v) is 6.37. The Morgan fingerprint density at radius 3 is 2.76 bits per heavy atom. The normalized spacial score (nSPS) is 12.1. The van der Waals surface area contributed by atoms with E-state index < -0.39 is 12.0 Å². The molecular weight excluding hydrogens is 308 g/mol. The van der Waals surface area contributed by atoms with Crippen LogP contribution in [0.15, 0.2) is 22.9 Å². The minimum Gasteiger partial charge on any atom is -0.480 e. The topological polar surface area (TPSA) is 70.5 Å². The molecule has 0 spiro atoms. The summed E-state index contributed by atoms with van der Waals surface area (Å²) in [5, 5.41) is 13.8. The summed E-state index contributed by atoms with van der Waals surface area (Å²) < 4.78 is 0. The number of carboxylic acids is 1. The molecule has 2 aromatic rings.